The highest BCUT2D eigenvalue weighted by atomic mass is 32.2. The van der Waals surface area contributed by atoms with Crippen LogP contribution in [0.5, 0.6) is 0 Å². The molecule has 3 aromatic rings. The van der Waals surface area contributed by atoms with Crippen molar-refractivity contribution in [3.8, 4) is 6.07 Å². The van der Waals surface area contributed by atoms with Gasteiger partial charge in [-0.2, -0.15) is 5.26 Å². The molecule has 1 aromatic heterocycles. The number of rotatable bonds is 6. The number of aromatic amines is 1. The van der Waals surface area contributed by atoms with Crippen molar-refractivity contribution in [1.82, 2.24) is 9.97 Å². The largest absolute Gasteiger partial charge is 0.333 e. The highest BCUT2D eigenvalue weighted by Crippen LogP contribution is 2.23. The summed E-state index contributed by atoms with van der Waals surface area (Å²) < 4.78 is 14.1. The summed E-state index contributed by atoms with van der Waals surface area (Å²) in [5.41, 5.74) is 3.06. The third-order valence-corrected chi connectivity index (χ3v) is 4.70. The van der Waals surface area contributed by atoms with E-state index in [1.54, 1.807) is 18.2 Å². The fraction of sp³-hybridized carbons (Fsp3) is 0.211. The summed E-state index contributed by atoms with van der Waals surface area (Å²) in [4.78, 5) is 21.6. The Bertz CT molecular complexity index is 979. The number of amides is 1. The normalized spacial score (nSPS) is 10.7. The molecule has 0 saturated heterocycles. The highest BCUT2D eigenvalue weighted by Gasteiger charge is 2.19. The van der Waals surface area contributed by atoms with Gasteiger partial charge in [0.2, 0.25) is 5.91 Å². The van der Waals surface area contributed by atoms with E-state index in [-0.39, 0.29) is 30.3 Å². The Labute approximate surface area is 154 Å². The number of halogens is 1. The monoisotopic (exact) mass is 368 g/mol. The van der Waals surface area contributed by atoms with Crippen LogP contribution in [0.25, 0.3) is 11.0 Å². The van der Waals surface area contributed by atoms with Crippen LogP contribution in [-0.4, -0.2) is 28.2 Å². The molecule has 0 atom stereocenters. The maximum atomic E-state index is 14.1. The molecule has 0 aliphatic heterocycles. The Morgan fingerprint density at radius 2 is 2.15 bits per heavy atom. The molecule has 0 saturated carbocycles. The summed E-state index contributed by atoms with van der Waals surface area (Å²) in [5, 5.41) is 9.45. The number of nitrogens with zero attached hydrogens (tertiary/aromatic N) is 3. The van der Waals surface area contributed by atoms with E-state index in [1.807, 2.05) is 31.2 Å². The standard InChI is InChI=1S/C19H17FN4OS/c1-13-7-8-15-16(11-13)23-19(22-15)26-12-18(25)24(10-4-9-21)17-6-3-2-5-14(17)20/h2-3,5-8,11H,4,10,12H2,1H3,(H,22,23). The molecule has 3 rings (SSSR count). The van der Waals surface area contributed by atoms with E-state index in [0.717, 1.165) is 16.6 Å². The Morgan fingerprint density at radius 1 is 1.35 bits per heavy atom. The fourth-order valence-electron chi connectivity index (χ4n) is 2.59. The second-order valence-electron chi connectivity index (χ2n) is 5.76. The van der Waals surface area contributed by atoms with Gasteiger partial charge in [0.1, 0.15) is 5.82 Å². The van der Waals surface area contributed by atoms with E-state index in [2.05, 4.69) is 9.97 Å². The number of nitriles is 1. The van der Waals surface area contributed by atoms with Gasteiger partial charge in [0.25, 0.3) is 0 Å². The Kier molecular flexibility index (Phi) is 5.54. The van der Waals surface area contributed by atoms with Gasteiger partial charge in [0.15, 0.2) is 5.16 Å². The summed E-state index contributed by atoms with van der Waals surface area (Å²) in [7, 11) is 0. The van der Waals surface area contributed by atoms with Crippen LogP contribution in [-0.2, 0) is 4.79 Å². The average molecular weight is 368 g/mol. The summed E-state index contributed by atoms with van der Waals surface area (Å²) >= 11 is 1.26. The maximum absolute atomic E-state index is 14.1. The molecule has 1 amide bonds. The van der Waals surface area contributed by atoms with Crippen molar-refractivity contribution in [1.29, 1.82) is 5.26 Å². The van der Waals surface area contributed by atoms with Gasteiger partial charge in [-0.3, -0.25) is 4.79 Å². The highest BCUT2D eigenvalue weighted by molar-refractivity contribution is 7.99. The lowest BCUT2D eigenvalue weighted by molar-refractivity contribution is -0.116. The third-order valence-electron chi connectivity index (χ3n) is 3.84. The molecule has 0 unspecified atom stereocenters. The molecular weight excluding hydrogens is 351 g/mol. The van der Waals surface area contributed by atoms with Gasteiger partial charge in [-0.1, -0.05) is 30.0 Å². The van der Waals surface area contributed by atoms with Gasteiger partial charge in [-0.15, -0.1) is 0 Å². The number of anilines is 1. The van der Waals surface area contributed by atoms with Crippen molar-refractivity contribution in [3.63, 3.8) is 0 Å². The first kappa shape index (κ1) is 18.0. The minimum Gasteiger partial charge on any atom is -0.333 e. The van der Waals surface area contributed by atoms with Crippen molar-refractivity contribution in [2.75, 3.05) is 17.2 Å². The van der Waals surface area contributed by atoms with Crippen LogP contribution in [0, 0.1) is 24.1 Å². The van der Waals surface area contributed by atoms with E-state index in [4.69, 9.17) is 5.26 Å². The molecule has 132 valence electrons. The molecule has 5 nitrogen and oxygen atoms in total. The molecule has 0 aliphatic carbocycles. The zero-order valence-electron chi connectivity index (χ0n) is 14.2. The number of carbonyl (C=O) groups is 1. The second-order valence-corrected chi connectivity index (χ2v) is 6.72. The molecule has 0 fully saturated rings. The zero-order chi connectivity index (χ0) is 18.5. The predicted molar refractivity (Wildman–Crippen MR) is 101 cm³/mol. The number of nitrogens with one attached hydrogen (secondary N) is 1. The van der Waals surface area contributed by atoms with Crippen LogP contribution in [0.1, 0.15) is 12.0 Å². The van der Waals surface area contributed by atoms with Gasteiger partial charge in [-0.25, -0.2) is 9.37 Å². The van der Waals surface area contributed by atoms with Crippen LogP contribution in [0.3, 0.4) is 0 Å². The van der Waals surface area contributed by atoms with E-state index in [0.29, 0.717) is 5.16 Å². The van der Waals surface area contributed by atoms with Crippen LogP contribution in [0.15, 0.2) is 47.6 Å². The van der Waals surface area contributed by atoms with E-state index < -0.39 is 5.82 Å². The quantitative estimate of drug-likeness (QED) is 0.666. The molecule has 0 aliphatic rings. The number of benzene rings is 2. The van der Waals surface area contributed by atoms with Crippen LogP contribution < -0.4 is 4.90 Å². The molecule has 0 bridgehead atoms. The number of para-hydroxylation sites is 1. The molecule has 7 heteroatoms. The van der Waals surface area contributed by atoms with Gasteiger partial charge in [0, 0.05) is 6.54 Å². The Balaban J connectivity index is 1.74. The van der Waals surface area contributed by atoms with Gasteiger partial charge < -0.3 is 9.88 Å². The maximum Gasteiger partial charge on any atom is 0.237 e. The minimum atomic E-state index is -0.483. The number of aromatic nitrogens is 2. The Hall–Kier alpha value is -2.85. The van der Waals surface area contributed by atoms with E-state index >= 15 is 0 Å². The van der Waals surface area contributed by atoms with Crippen molar-refractivity contribution in [3.05, 3.63) is 53.8 Å². The second kappa shape index (κ2) is 8.02. The van der Waals surface area contributed by atoms with Crippen LogP contribution >= 0.6 is 11.8 Å². The first-order valence-corrected chi connectivity index (χ1v) is 9.08. The van der Waals surface area contributed by atoms with Crippen molar-refractivity contribution in [2.24, 2.45) is 0 Å². The molecule has 26 heavy (non-hydrogen) atoms. The number of hydrogen-bond donors (Lipinski definition) is 1. The average Bonchev–Trinajstić information content (AvgIpc) is 3.03. The lowest BCUT2D eigenvalue weighted by Gasteiger charge is -2.21. The van der Waals surface area contributed by atoms with Gasteiger partial charge in [-0.05, 0) is 36.8 Å². The van der Waals surface area contributed by atoms with Gasteiger partial charge in [0.05, 0.1) is 35.0 Å². The van der Waals surface area contributed by atoms with Crippen LogP contribution in [0.2, 0.25) is 0 Å². The summed E-state index contributed by atoms with van der Waals surface area (Å²) in [6.07, 6.45) is 0.134. The van der Waals surface area contributed by atoms with Crippen molar-refractivity contribution < 1.29 is 9.18 Å². The number of hydrogen-bond acceptors (Lipinski definition) is 4. The first-order valence-electron chi connectivity index (χ1n) is 8.09. The number of H-pyrrole nitrogens is 1. The molecule has 1 heterocycles. The minimum absolute atomic E-state index is 0.0958. The zero-order valence-corrected chi connectivity index (χ0v) is 15.0. The molecule has 0 radical (unpaired) electrons. The number of thioether (sulfide) groups is 1. The first-order chi connectivity index (χ1) is 12.6. The van der Waals surface area contributed by atoms with E-state index in [1.165, 1.54) is 22.7 Å². The molecule has 2 aromatic carbocycles. The van der Waals surface area contributed by atoms with Gasteiger partial charge >= 0.3 is 0 Å². The number of imidazole rings is 1. The predicted octanol–water partition coefficient (Wildman–Crippen LogP) is 4.05. The fourth-order valence-corrected chi connectivity index (χ4v) is 3.35. The number of fused-ring (bicyclic) bond motifs is 1. The van der Waals surface area contributed by atoms with Crippen molar-refractivity contribution in [2.45, 2.75) is 18.5 Å². The number of aryl methyl sites for hydroxylation is 1. The molecular formula is C19H17FN4OS. The van der Waals surface area contributed by atoms with Crippen molar-refractivity contribution >= 4 is 34.4 Å². The summed E-state index contributed by atoms with van der Waals surface area (Å²) in [6, 6.07) is 14.0. The third kappa shape index (κ3) is 4.03. The molecule has 0 spiro atoms. The SMILES string of the molecule is Cc1ccc2nc(SCC(=O)N(CCC#N)c3ccccc3F)[nH]c2c1. The van der Waals surface area contributed by atoms with Crippen LogP contribution in [0.4, 0.5) is 10.1 Å². The summed E-state index contributed by atoms with van der Waals surface area (Å²) in [5.74, 6) is -0.659. The van der Waals surface area contributed by atoms with E-state index in [9.17, 15) is 9.18 Å². The number of carbonyl (C=O) groups excluding carboxylic acids is 1. The smallest absolute Gasteiger partial charge is 0.237 e. The Morgan fingerprint density at radius 3 is 2.92 bits per heavy atom. The molecule has 1 N–H and O–H groups in total. The summed E-state index contributed by atoms with van der Waals surface area (Å²) in [6.45, 7) is 2.15. The lowest BCUT2D eigenvalue weighted by atomic mass is 10.2. The lowest BCUT2D eigenvalue weighted by Crippen LogP contribution is -2.34. The topological polar surface area (TPSA) is 72.8 Å².